The van der Waals surface area contributed by atoms with Gasteiger partial charge in [-0.05, 0) is 54.8 Å². The van der Waals surface area contributed by atoms with Crippen LogP contribution in [0.15, 0.2) is 81.2 Å². The number of imidazole rings is 1. The molecule has 42 heavy (non-hydrogen) atoms. The Morgan fingerprint density at radius 1 is 0.976 bits per heavy atom. The number of rotatable bonds is 10. The van der Waals surface area contributed by atoms with Crippen molar-refractivity contribution in [3.8, 4) is 0 Å². The summed E-state index contributed by atoms with van der Waals surface area (Å²) in [4.78, 5) is 34.2. The maximum Gasteiger partial charge on any atom is 0.333 e. The molecule has 3 aromatic carbocycles. The predicted octanol–water partition coefficient (Wildman–Crippen LogP) is 4.71. The Morgan fingerprint density at radius 2 is 1.71 bits per heavy atom. The van der Waals surface area contributed by atoms with Crippen molar-refractivity contribution in [2.24, 2.45) is 0 Å². The molecule has 0 fully saturated rings. The van der Waals surface area contributed by atoms with Gasteiger partial charge in [0.2, 0.25) is 0 Å². The van der Waals surface area contributed by atoms with E-state index in [4.69, 9.17) is 0 Å². The summed E-state index contributed by atoms with van der Waals surface area (Å²) in [5, 5.41) is 0. The van der Waals surface area contributed by atoms with Crippen LogP contribution in [0.3, 0.4) is 0 Å². The number of anilines is 1. The van der Waals surface area contributed by atoms with E-state index in [1.807, 2.05) is 6.92 Å². The van der Waals surface area contributed by atoms with Crippen molar-refractivity contribution >= 4 is 26.9 Å². The van der Waals surface area contributed by atoms with E-state index >= 15 is 0 Å². The maximum absolute atomic E-state index is 14.3. The molecule has 5 aromatic rings. The molecule has 0 radical (unpaired) electrons. The molecular weight excluding hydrogens is 564 g/mol. The number of sulfonamides is 1. The summed E-state index contributed by atoms with van der Waals surface area (Å²) in [6.45, 7) is 3.69. The summed E-state index contributed by atoms with van der Waals surface area (Å²) in [5.74, 6) is -0.730. The van der Waals surface area contributed by atoms with E-state index in [0.717, 1.165) is 22.6 Å². The molecule has 0 aliphatic rings. The van der Waals surface area contributed by atoms with Gasteiger partial charge >= 0.3 is 5.69 Å². The van der Waals surface area contributed by atoms with Crippen LogP contribution in [-0.4, -0.2) is 27.5 Å². The number of unbranched alkanes of at least 4 members (excludes halogenated alkanes) is 1. The van der Waals surface area contributed by atoms with Gasteiger partial charge in [-0.3, -0.25) is 18.7 Å². The highest BCUT2D eigenvalue weighted by Gasteiger charge is 2.20. The molecule has 2 heterocycles. The summed E-state index contributed by atoms with van der Waals surface area (Å²) in [7, 11) is -4.01. The summed E-state index contributed by atoms with van der Waals surface area (Å²) in [6.07, 6.45) is 1.76. The highest BCUT2D eigenvalue weighted by Crippen LogP contribution is 2.21. The molecule has 2 N–H and O–H groups in total. The molecule has 0 aliphatic carbocycles. The molecule has 0 aliphatic heterocycles. The van der Waals surface area contributed by atoms with Crippen molar-refractivity contribution in [3.05, 3.63) is 122 Å². The lowest BCUT2D eigenvalue weighted by Gasteiger charge is -2.11. The first-order valence-corrected chi connectivity index (χ1v) is 14.9. The number of halogens is 2. The van der Waals surface area contributed by atoms with E-state index in [-0.39, 0.29) is 40.3 Å². The predicted molar refractivity (Wildman–Crippen MR) is 156 cm³/mol. The van der Waals surface area contributed by atoms with Crippen molar-refractivity contribution in [1.82, 2.24) is 19.1 Å². The van der Waals surface area contributed by atoms with Crippen LogP contribution in [0.2, 0.25) is 0 Å². The minimum Gasteiger partial charge on any atom is -0.336 e. The third kappa shape index (κ3) is 5.89. The number of nitrogens with one attached hydrogen (secondary N) is 2. The molecule has 9 nitrogen and oxygen atoms in total. The fourth-order valence-electron chi connectivity index (χ4n) is 4.71. The normalized spacial score (nSPS) is 11.7. The summed E-state index contributed by atoms with van der Waals surface area (Å²) >= 11 is 0. The number of aromatic nitrogens is 4. The van der Waals surface area contributed by atoms with Crippen molar-refractivity contribution < 1.29 is 17.2 Å². The van der Waals surface area contributed by atoms with E-state index < -0.39 is 32.9 Å². The Kier molecular flexibility index (Phi) is 8.08. The molecule has 0 amide bonds. The van der Waals surface area contributed by atoms with Gasteiger partial charge in [0.15, 0.2) is 5.65 Å². The van der Waals surface area contributed by atoms with E-state index in [0.29, 0.717) is 24.4 Å². The SMILES string of the molecule is CCCCn1c(=O)n(Cc2ccccc2F)c(=O)c2[nH]c(Cc3ccc(NS(=O)(=O)c4cc(F)ccc4C)cc3)nc21. The summed E-state index contributed by atoms with van der Waals surface area (Å²) < 4.78 is 58.5. The lowest BCUT2D eigenvalue weighted by Crippen LogP contribution is -2.40. The fourth-order valence-corrected chi connectivity index (χ4v) is 6.03. The zero-order valence-electron chi connectivity index (χ0n) is 23.0. The fraction of sp³-hybridized carbons (Fsp3) is 0.233. The van der Waals surface area contributed by atoms with Crippen LogP contribution in [0.5, 0.6) is 0 Å². The number of benzene rings is 3. The standard InChI is InChI=1S/C30H29F2N5O4S/c1-3-4-15-36-28-27(29(38)37(30(36)39)18-21-7-5-6-8-24(21)32)33-26(34-28)16-20-10-13-23(14-11-20)35-42(40,41)25-17-22(31)12-9-19(25)2/h5-14,17,35H,3-4,15-16,18H2,1-2H3,(H,33,34). The van der Waals surface area contributed by atoms with Gasteiger partial charge in [0.25, 0.3) is 15.6 Å². The molecule has 0 bridgehead atoms. The maximum atomic E-state index is 14.3. The summed E-state index contributed by atoms with van der Waals surface area (Å²) in [5.41, 5.74) is 0.899. The average Bonchev–Trinajstić information content (AvgIpc) is 3.38. The lowest BCUT2D eigenvalue weighted by atomic mass is 10.1. The topological polar surface area (TPSA) is 119 Å². The van der Waals surface area contributed by atoms with Crippen LogP contribution in [0.1, 0.15) is 42.3 Å². The Labute approximate surface area is 240 Å². The zero-order chi connectivity index (χ0) is 30.0. The van der Waals surface area contributed by atoms with E-state index in [9.17, 15) is 26.8 Å². The summed E-state index contributed by atoms with van der Waals surface area (Å²) in [6, 6.07) is 16.1. The highest BCUT2D eigenvalue weighted by molar-refractivity contribution is 7.92. The number of aryl methyl sites for hydroxylation is 2. The molecule has 0 atom stereocenters. The van der Waals surface area contributed by atoms with Gasteiger partial charge in [-0.25, -0.2) is 27.0 Å². The Bertz CT molecular complexity index is 2000. The number of aromatic amines is 1. The molecule has 0 spiro atoms. The van der Waals surface area contributed by atoms with Crippen LogP contribution in [0.4, 0.5) is 14.5 Å². The van der Waals surface area contributed by atoms with Crippen LogP contribution < -0.4 is 16.0 Å². The molecule has 12 heteroatoms. The quantitative estimate of drug-likeness (QED) is 0.243. The minimum atomic E-state index is -4.01. The van der Waals surface area contributed by atoms with Gasteiger partial charge in [0.1, 0.15) is 23.0 Å². The van der Waals surface area contributed by atoms with Crippen LogP contribution in [0.25, 0.3) is 11.2 Å². The second kappa shape index (κ2) is 11.7. The molecular formula is C30H29F2N5O4S. The van der Waals surface area contributed by atoms with Gasteiger partial charge in [-0.15, -0.1) is 0 Å². The second-order valence-electron chi connectivity index (χ2n) is 10.0. The second-order valence-corrected chi connectivity index (χ2v) is 11.7. The average molecular weight is 594 g/mol. The molecule has 0 unspecified atom stereocenters. The monoisotopic (exact) mass is 593 g/mol. The number of hydrogen-bond acceptors (Lipinski definition) is 5. The van der Waals surface area contributed by atoms with Crippen molar-refractivity contribution in [3.63, 3.8) is 0 Å². The van der Waals surface area contributed by atoms with Crippen LogP contribution in [-0.2, 0) is 29.5 Å². The molecule has 2 aromatic heterocycles. The van der Waals surface area contributed by atoms with Crippen molar-refractivity contribution in [2.75, 3.05) is 4.72 Å². The van der Waals surface area contributed by atoms with E-state index in [2.05, 4.69) is 14.7 Å². The molecule has 218 valence electrons. The first-order chi connectivity index (χ1) is 20.1. The first kappa shape index (κ1) is 28.9. The van der Waals surface area contributed by atoms with Gasteiger partial charge < -0.3 is 4.98 Å². The van der Waals surface area contributed by atoms with E-state index in [1.54, 1.807) is 43.3 Å². The Morgan fingerprint density at radius 3 is 2.43 bits per heavy atom. The van der Waals surface area contributed by atoms with Gasteiger partial charge in [-0.2, -0.15) is 0 Å². The number of hydrogen-bond donors (Lipinski definition) is 2. The Balaban J connectivity index is 1.44. The largest absolute Gasteiger partial charge is 0.336 e. The van der Waals surface area contributed by atoms with Gasteiger partial charge in [-0.1, -0.05) is 49.7 Å². The van der Waals surface area contributed by atoms with Crippen LogP contribution >= 0.6 is 0 Å². The first-order valence-electron chi connectivity index (χ1n) is 13.4. The number of fused-ring (bicyclic) bond motifs is 1. The number of nitrogens with zero attached hydrogens (tertiary/aromatic N) is 3. The number of H-pyrrole nitrogens is 1. The third-order valence-electron chi connectivity index (χ3n) is 6.95. The smallest absolute Gasteiger partial charge is 0.333 e. The molecule has 5 rings (SSSR count). The molecule has 0 saturated heterocycles. The van der Waals surface area contributed by atoms with Gasteiger partial charge in [0.05, 0.1) is 11.4 Å². The highest BCUT2D eigenvalue weighted by atomic mass is 32.2. The van der Waals surface area contributed by atoms with E-state index in [1.165, 1.54) is 28.8 Å². The van der Waals surface area contributed by atoms with Crippen molar-refractivity contribution in [1.29, 1.82) is 0 Å². The van der Waals surface area contributed by atoms with Crippen LogP contribution in [0, 0.1) is 18.6 Å². The lowest BCUT2D eigenvalue weighted by molar-refractivity contribution is 0.553. The minimum absolute atomic E-state index is 0.145. The molecule has 0 saturated carbocycles. The zero-order valence-corrected chi connectivity index (χ0v) is 23.8. The van der Waals surface area contributed by atoms with Gasteiger partial charge in [0, 0.05) is 24.2 Å². The third-order valence-corrected chi connectivity index (χ3v) is 8.47. The Hall–Kier alpha value is -4.58. The van der Waals surface area contributed by atoms with Crippen molar-refractivity contribution in [2.45, 2.75) is 51.1 Å².